The van der Waals surface area contributed by atoms with Crippen LogP contribution in [-0.2, 0) is 0 Å². The van der Waals surface area contributed by atoms with E-state index in [2.05, 4.69) is 35.9 Å². The molecule has 0 radical (unpaired) electrons. The molecule has 0 saturated carbocycles. The Labute approximate surface area is 101 Å². The Morgan fingerprint density at radius 2 is 2.12 bits per heavy atom. The number of piperazine rings is 1. The van der Waals surface area contributed by atoms with Crippen molar-refractivity contribution in [1.82, 2.24) is 15.1 Å². The predicted octanol–water partition coefficient (Wildman–Crippen LogP) is 1.40. The molecule has 3 heteroatoms. The summed E-state index contributed by atoms with van der Waals surface area (Å²) in [5.41, 5.74) is 0. The molecular weight excluding hydrogens is 198 g/mol. The Hall–Kier alpha value is -0.120. The van der Waals surface area contributed by atoms with Gasteiger partial charge in [-0.05, 0) is 46.8 Å². The lowest BCUT2D eigenvalue weighted by Crippen LogP contribution is -2.54. The first-order valence-corrected chi connectivity index (χ1v) is 6.81. The van der Waals surface area contributed by atoms with E-state index in [1.807, 2.05) is 7.05 Å². The van der Waals surface area contributed by atoms with Gasteiger partial charge in [0.1, 0.15) is 0 Å². The summed E-state index contributed by atoms with van der Waals surface area (Å²) < 4.78 is 0. The first kappa shape index (κ1) is 13.9. The topological polar surface area (TPSA) is 18.5 Å². The molecular formula is C13H29N3. The first-order valence-electron chi connectivity index (χ1n) is 6.81. The van der Waals surface area contributed by atoms with Gasteiger partial charge in [-0.2, -0.15) is 0 Å². The van der Waals surface area contributed by atoms with Crippen LogP contribution in [0.4, 0.5) is 0 Å². The molecule has 1 aliphatic rings. The van der Waals surface area contributed by atoms with Gasteiger partial charge in [0.2, 0.25) is 0 Å². The maximum atomic E-state index is 3.22. The summed E-state index contributed by atoms with van der Waals surface area (Å²) in [7, 11) is 2.03. The van der Waals surface area contributed by atoms with E-state index in [1.54, 1.807) is 0 Å². The van der Waals surface area contributed by atoms with E-state index in [4.69, 9.17) is 0 Å². The molecule has 0 amide bonds. The molecule has 16 heavy (non-hydrogen) atoms. The zero-order valence-corrected chi connectivity index (χ0v) is 11.5. The number of likely N-dealkylation sites (N-methyl/N-ethyl adjacent to an activating group) is 1. The molecule has 1 aliphatic heterocycles. The van der Waals surface area contributed by atoms with E-state index in [9.17, 15) is 0 Å². The number of hydrogen-bond acceptors (Lipinski definition) is 3. The monoisotopic (exact) mass is 227 g/mol. The maximum Gasteiger partial charge on any atom is 0.0195 e. The van der Waals surface area contributed by atoms with Gasteiger partial charge in [0.15, 0.2) is 0 Å². The van der Waals surface area contributed by atoms with Crippen molar-refractivity contribution in [2.45, 2.75) is 45.7 Å². The SMILES string of the molecule is CCN1CCN(C(C)CCCNC)CC1C. The molecule has 2 unspecified atom stereocenters. The molecule has 1 N–H and O–H groups in total. The Morgan fingerprint density at radius 3 is 2.69 bits per heavy atom. The van der Waals surface area contributed by atoms with Crippen LogP contribution in [0.2, 0.25) is 0 Å². The van der Waals surface area contributed by atoms with Gasteiger partial charge >= 0.3 is 0 Å². The van der Waals surface area contributed by atoms with Gasteiger partial charge in [-0.3, -0.25) is 9.80 Å². The normalized spacial score (nSPS) is 25.9. The lowest BCUT2D eigenvalue weighted by Gasteiger charge is -2.42. The summed E-state index contributed by atoms with van der Waals surface area (Å²) in [5, 5.41) is 3.22. The second-order valence-corrected chi connectivity index (χ2v) is 5.07. The van der Waals surface area contributed by atoms with Gasteiger partial charge in [-0.25, -0.2) is 0 Å². The second-order valence-electron chi connectivity index (χ2n) is 5.07. The highest BCUT2D eigenvalue weighted by Crippen LogP contribution is 2.14. The van der Waals surface area contributed by atoms with Gasteiger partial charge in [0.05, 0.1) is 0 Å². The Kier molecular flexibility index (Phi) is 6.32. The molecule has 0 aromatic rings. The van der Waals surface area contributed by atoms with Gasteiger partial charge in [-0.15, -0.1) is 0 Å². The average Bonchev–Trinajstić information content (AvgIpc) is 2.29. The van der Waals surface area contributed by atoms with Crippen LogP contribution in [0.5, 0.6) is 0 Å². The lowest BCUT2D eigenvalue weighted by molar-refractivity contribution is 0.0608. The quantitative estimate of drug-likeness (QED) is 0.692. The third-order valence-corrected chi connectivity index (χ3v) is 3.87. The van der Waals surface area contributed by atoms with E-state index in [0.717, 1.165) is 18.6 Å². The van der Waals surface area contributed by atoms with Crippen molar-refractivity contribution in [1.29, 1.82) is 0 Å². The highest BCUT2D eigenvalue weighted by molar-refractivity contribution is 4.81. The van der Waals surface area contributed by atoms with E-state index in [0.29, 0.717) is 0 Å². The van der Waals surface area contributed by atoms with Crippen LogP contribution in [0.15, 0.2) is 0 Å². The molecule has 0 aromatic heterocycles. The van der Waals surface area contributed by atoms with Crippen LogP contribution in [0.1, 0.15) is 33.6 Å². The minimum absolute atomic E-state index is 0.727. The highest BCUT2D eigenvalue weighted by atomic mass is 15.3. The van der Waals surface area contributed by atoms with Crippen molar-refractivity contribution >= 4 is 0 Å². The van der Waals surface area contributed by atoms with Crippen LogP contribution >= 0.6 is 0 Å². The average molecular weight is 227 g/mol. The van der Waals surface area contributed by atoms with Gasteiger partial charge in [0.25, 0.3) is 0 Å². The first-order chi connectivity index (χ1) is 7.69. The Bertz CT molecular complexity index is 184. The summed E-state index contributed by atoms with van der Waals surface area (Å²) in [4.78, 5) is 5.24. The van der Waals surface area contributed by atoms with Crippen LogP contribution in [-0.4, -0.2) is 61.7 Å². The molecule has 1 fully saturated rings. The predicted molar refractivity (Wildman–Crippen MR) is 70.9 cm³/mol. The van der Waals surface area contributed by atoms with Gasteiger partial charge in [-0.1, -0.05) is 6.92 Å². The van der Waals surface area contributed by atoms with Crippen LogP contribution in [0.25, 0.3) is 0 Å². The number of rotatable bonds is 6. The zero-order valence-electron chi connectivity index (χ0n) is 11.5. The second kappa shape index (κ2) is 7.25. The molecule has 1 rings (SSSR count). The fourth-order valence-electron chi connectivity index (χ4n) is 2.65. The third-order valence-electron chi connectivity index (χ3n) is 3.87. The molecule has 1 saturated heterocycles. The van der Waals surface area contributed by atoms with E-state index in [-0.39, 0.29) is 0 Å². The number of nitrogens with zero attached hydrogens (tertiary/aromatic N) is 2. The van der Waals surface area contributed by atoms with E-state index in [1.165, 1.54) is 39.0 Å². The zero-order chi connectivity index (χ0) is 12.0. The van der Waals surface area contributed by atoms with E-state index >= 15 is 0 Å². The highest BCUT2D eigenvalue weighted by Gasteiger charge is 2.24. The minimum atomic E-state index is 0.727. The summed E-state index contributed by atoms with van der Waals surface area (Å²) >= 11 is 0. The molecule has 1 heterocycles. The molecule has 0 aliphatic carbocycles. The lowest BCUT2D eigenvalue weighted by atomic mass is 10.1. The van der Waals surface area contributed by atoms with Crippen LogP contribution in [0.3, 0.4) is 0 Å². The summed E-state index contributed by atoms with van der Waals surface area (Å²) in [5.74, 6) is 0. The maximum absolute atomic E-state index is 3.22. The minimum Gasteiger partial charge on any atom is -0.320 e. The molecule has 0 bridgehead atoms. The van der Waals surface area contributed by atoms with Gasteiger partial charge < -0.3 is 5.32 Å². The fraction of sp³-hybridized carbons (Fsp3) is 1.00. The largest absolute Gasteiger partial charge is 0.320 e. The summed E-state index contributed by atoms with van der Waals surface area (Å²) in [6.07, 6.45) is 2.61. The smallest absolute Gasteiger partial charge is 0.0195 e. The van der Waals surface area contributed by atoms with Crippen LogP contribution < -0.4 is 5.32 Å². The summed E-state index contributed by atoms with van der Waals surface area (Å²) in [6, 6.07) is 1.47. The van der Waals surface area contributed by atoms with Crippen molar-refractivity contribution in [3.05, 3.63) is 0 Å². The van der Waals surface area contributed by atoms with Gasteiger partial charge in [0, 0.05) is 31.7 Å². The third kappa shape index (κ3) is 4.04. The molecule has 0 aromatic carbocycles. The van der Waals surface area contributed by atoms with Crippen molar-refractivity contribution in [3.8, 4) is 0 Å². The van der Waals surface area contributed by atoms with Crippen molar-refractivity contribution in [3.63, 3.8) is 0 Å². The molecule has 96 valence electrons. The number of nitrogens with one attached hydrogen (secondary N) is 1. The summed E-state index contributed by atoms with van der Waals surface area (Å²) in [6.45, 7) is 13.1. The molecule has 0 spiro atoms. The standard InChI is InChI=1S/C13H29N3/c1-5-15-9-10-16(11-13(15)3)12(2)7-6-8-14-4/h12-14H,5-11H2,1-4H3. The van der Waals surface area contributed by atoms with Crippen molar-refractivity contribution < 1.29 is 0 Å². The van der Waals surface area contributed by atoms with Crippen LogP contribution in [0, 0.1) is 0 Å². The fourth-order valence-corrected chi connectivity index (χ4v) is 2.65. The number of hydrogen-bond donors (Lipinski definition) is 1. The molecule has 2 atom stereocenters. The Balaban J connectivity index is 2.27. The van der Waals surface area contributed by atoms with E-state index < -0.39 is 0 Å². The molecule has 3 nitrogen and oxygen atoms in total. The van der Waals surface area contributed by atoms with Crippen molar-refractivity contribution in [2.24, 2.45) is 0 Å². The Morgan fingerprint density at radius 1 is 1.38 bits per heavy atom. The van der Waals surface area contributed by atoms with Crippen molar-refractivity contribution in [2.75, 3.05) is 39.8 Å².